The summed E-state index contributed by atoms with van der Waals surface area (Å²) in [5.41, 5.74) is 1.51. The van der Waals surface area contributed by atoms with Crippen LogP contribution in [-0.2, 0) is 13.6 Å². The van der Waals surface area contributed by atoms with Crippen LogP contribution in [0.15, 0.2) is 27.9 Å². The smallest absolute Gasteiger partial charge is 0.282 e. The van der Waals surface area contributed by atoms with Crippen LogP contribution in [0.25, 0.3) is 0 Å². The molecule has 0 atom stereocenters. The molecular weight excluding hydrogens is 274 g/mol. The molecule has 2 aromatic rings. The molecule has 0 unspecified atom stereocenters. The predicted molar refractivity (Wildman–Crippen MR) is 63.1 cm³/mol. The maximum Gasteiger partial charge on any atom is 0.282 e. The molecule has 0 spiro atoms. The molecule has 0 bridgehead atoms. The number of aromatic amines is 1. The minimum absolute atomic E-state index is 0.169. The lowest BCUT2D eigenvalue weighted by atomic mass is 10.3. The second kappa shape index (κ2) is 4.48. The van der Waals surface area contributed by atoms with Gasteiger partial charge in [-0.1, -0.05) is 0 Å². The van der Waals surface area contributed by atoms with Gasteiger partial charge in [-0.25, -0.2) is 4.68 Å². The van der Waals surface area contributed by atoms with Crippen molar-refractivity contribution < 1.29 is 0 Å². The number of nitrogens with zero attached hydrogens (tertiary/aromatic N) is 3. The second-order valence-electron chi connectivity index (χ2n) is 3.26. The molecule has 6 nitrogen and oxygen atoms in total. The first-order chi connectivity index (χ1) is 7.68. The van der Waals surface area contributed by atoms with E-state index >= 15 is 0 Å². The molecule has 2 N–H and O–H groups in total. The summed E-state index contributed by atoms with van der Waals surface area (Å²) >= 11 is 3.24. The number of anilines is 1. The van der Waals surface area contributed by atoms with Crippen molar-refractivity contribution in [2.24, 2.45) is 7.05 Å². The maximum atomic E-state index is 11.5. The van der Waals surface area contributed by atoms with Gasteiger partial charge in [0.05, 0.1) is 18.1 Å². The van der Waals surface area contributed by atoms with Crippen molar-refractivity contribution in [2.45, 2.75) is 6.54 Å². The molecule has 0 saturated heterocycles. The SMILES string of the molecule is Cn1ncc(NCc2cn[nH]c2)c(Br)c1=O. The summed E-state index contributed by atoms with van der Waals surface area (Å²) in [6.45, 7) is 0.587. The third-order valence-corrected chi connectivity index (χ3v) is 2.88. The molecule has 84 valence electrons. The highest BCUT2D eigenvalue weighted by atomic mass is 79.9. The van der Waals surface area contributed by atoms with Crippen molar-refractivity contribution in [3.05, 3.63) is 39.0 Å². The van der Waals surface area contributed by atoms with Crippen LogP contribution in [0.4, 0.5) is 5.69 Å². The van der Waals surface area contributed by atoms with Gasteiger partial charge in [0.1, 0.15) is 4.47 Å². The number of hydrogen-bond acceptors (Lipinski definition) is 4. The van der Waals surface area contributed by atoms with Gasteiger partial charge in [0.25, 0.3) is 5.56 Å². The Morgan fingerprint density at radius 2 is 2.38 bits per heavy atom. The van der Waals surface area contributed by atoms with Gasteiger partial charge < -0.3 is 5.32 Å². The summed E-state index contributed by atoms with van der Waals surface area (Å²) in [5.74, 6) is 0. The van der Waals surface area contributed by atoms with Crippen molar-refractivity contribution in [3.63, 3.8) is 0 Å². The summed E-state index contributed by atoms with van der Waals surface area (Å²) < 4.78 is 1.75. The van der Waals surface area contributed by atoms with Gasteiger partial charge in [0, 0.05) is 25.4 Å². The standard InChI is InChI=1S/C9H10BrN5O/c1-15-9(16)8(10)7(5-14-15)11-2-6-3-12-13-4-6/h3-5,11H,2H2,1H3,(H,12,13). The van der Waals surface area contributed by atoms with Gasteiger partial charge >= 0.3 is 0 Å². The first-order valence-electron chi connectivity index (χ1n) is 4.62. The molecule has 2 heterocycles. The maximum absolute atomic E-state index is 11.5. The van der Waals surface area contributed by atoms with Crippen molar-refractivity contribution in [2.75, 3.05) is 5.32 Å². The molecule has 2 aromatic heterocycles. The largest absolute Gasteiger partial charge is 0.378 e. The highest BCUT2D eigenvalue weighted by Gasteiger charge is 2.06. The predicted octanol–water partition coefficient (Wildman–Crippen LogP) is 0.878. The highest BCUT2D eigenvalue weighted by molar-refractivity contribution is 9.10. The molecular formula is C9H10BrN5O. The quantitative estimate of drug-likeness (QED) is 0.877. The average Bonchev–Trinajstić information content (AvgIpc) is 2.78. The van der Waals surface area contributed by atoms with Crippen molar-refractivity contribution in [1.82, 2.24) is 20.0 Å². The number of aryl methyl sites for hydroxylation is 1. The van der Waals surface area contributed by atoms with E-state index < -0.39 is 0 Å². The Hall–Kier alpha value is -1.63. The number of hydrogen-bond donors (Lipinski definition) is 2. The van der Waals surface area contributed by atoms with Crippen LogP contribution in [0.3, 0.4) is 0 Å². The van der Waals surface area contributed by atoms with Crippen LogP contribution in [0.1, 0.15) is 5.56 Å². The Morgan fingerprint density at radius 3 is 3.06 bits per heavy atom. The van der Waals surface area contributed by atoms with Crippen LogP contribution < -0.4 is 10.9 Å². The van der Waals surface area contributed by atoms with Gasteiger partial charge in [0.15, 0.2) is 0 Å². The number of H-pyrrole nitrogens is 1. The molecule has 0 aromatic carbocycles. The number of nitrogens with one attached hydrogen (secondary N) is 2. The third-order valence-electron chi connectivity index (χ3n) is 2.12. The Morgan fingerprint density at radius 1 is 1.56 bits per heavy atom. The Balaban J connectivity index is 2.16. The summed E-state index contributed by atoms with van der Waals surface area (Å²) in [4.78, 5) is 11.5. The Labute approximate surface area is 99.8 Å². The number of halogens is 1. The second-order valence-corrected chi connectivity index (χ2v) is 4.05. The molecule has 16 heavy (non-hydrogen) atoms. The van der Waals surface area contributed by atoms with Gasteiger partial charge in [-0.05, 0) is 15.9 Å². The molecule has 0 radical (unpaired) electrons. The van der Waals surface area contributed by atoms with E-state index in [0.717, 1.165) is 5.56 Å². The highest BCUT2D eigenvalue weighted by Crippen LogP contribution is 2.16. The van der Waals surface area contributed by atoms with Crippen molar-refractivity contribution >= 4 is 21.6 Å². The summed E-state index contributed by atoms with van der Waals surface area (Å²) in [6, 6.07) is 0. The van der Waals surface area contributed by atoms with Gasteiger partial charge in [-0.2, -0.15) is 10.2 Å². The molecule has 2 rings (SSSR count). The summed E-state index contributed by atoms with van der Waals surface area (Å²) in [6.07, 6.45) is 5.11. The summed E-state index contributed by atoms with van der Waals surface area (Å²) in [5, 5.41) is 13.6. The lowest BCUT2D eigenvalue weighted by molar-refractivity contribution is 0.703. The lowest BCUT2D eigenvalue weighted by Gasteiger charge is -2.06. The zero-order chi connectivity index (χ0) is 11.5. The molecule has 0 aliphatic carbocycles. The monoisotopic (exact) mass is 283 g/mol. The molecule has 7 heteroatoms. The fourth-order valence-corrected chi connectivity index (χ4v) is 1.70. The fraction of sp³-hybridized carbons (Fsp3) is 0.222. The van der Waals surface area contributed by atoms with Crippen LogP contribution in [0.5, 0.6) is 0 Å². The van der Waals surface area contributed by atoms with Crippen LogP contribution in [0, 0.1) is 0 Å². The zero-order valence-electron chi connectivity index (χ0n) is 8.57. The van der Waals surface area contributed by atoms with E-state index in [1.807, 2.05) is 0 Å². The van der Waals surface area contributed by atoms with Crippen molar-refractivity contribution in [1.29, 1.82) is 0 Å². The van der Waals surface area contributed by atoms with Crippen molar-refractivity contribution in [3.8, 4) is 0 Å². The van der Waals surface area contributed by atoms with Crippen LogP contribution >= 0.6 is 15.9 Å². The average molecular weight is 284 g/mol. The number of rotatable bonds is 3. The minimum atomic E-state index is -0.169. The van der Waals surface area contributed by atoms with E-state index in [9.17, 15) is 4.79 Å². The van der Waals surface area contributed by atoms with E-state index in [4.69, 9.17) is 0 Å². The van der Waals surface area contributed by atoms with E-state index in [0.29, 0.717) is 16.7 Å². The van der Waals surface area contributed by atoms with E-state index in [1.165, 1.54) is 4.68 Å². The van der Waals surface area contributed by atoms with E-state index in [2.05, 4.69) is 36.5 Å². The molecule has 0 amide bonds. The lowest BCUT2D eigenvalue weighted by Crippen LogP contribution is -2.21. The normalized spacial score (nSPS) is 10.4. The first kappa shape index (κ1) is 10.9. The molecule has 0 fully saturated rings. The van der Waals surface area contributed by atoms with E-state index in [1.54, 1.807) is 25.6 Å². The Bertz CT molecular complexity index is 533. The Kier molecular flexibility index (Phi) is 3.04. The number of aromatic nitrogens is 4. The van der Waals surface area contributed by atoms with Crippen LogP contribution in [-0.4, -0.2) is 20.0 Å². The molecule has 0 aliphatic rings. The first-order valence-corrected chi connectivity index (χ1v) is 5.41. The van der Waals surface area contributed by atoms with Gasteiger partial charge in [-0.15, -0.1) is 0 Å². The fourth-order valence-electron chi connectivity index (χ4n) is 1.21. The minimum Gasteiger partial charge on any atom is -0.378 e. The zero-order valence-corrected chi connectivity index (χ0v) is 10.2. The molecule has 0 saturated carbocycles. The van der Waals surface area contributed by atoms with Crippen LogP contribution in [0.2, 0.25) is 0 Å². The van der Waals surface area contributed by atoms with Gasteiger partial charge in [-0.3, -0.25) is 9.89 Å². The topological polar surface area (TPSA) is 75.6 Å². The van der Waals surface area contributed by atoms with Gasteiger partial charge in [0.2, 0.25) is 0 Å². The molecule has 0 aliphatic heterocycles. The third kappa shape index (κ3) is 2.13. The van der Waals surface area contributed by atoms with E-state index in [-0.39, 0.29) is 5.56 Å². The summed E-state index contributed by atoms with van der Waals surface area (Å²) in [7, 11) is 1.60.